The van der Waals surface area contributed by atoms with Crippen molar-refractivity contribution in [1.29, 1.82) is 0 Å². The maximum absolute atomic E-state index is 14.2. The lowest BCUT2D eigenvalue weighted by atomic mass is 9.85. The van der Waals surface area contributed by atoms with Gasteiger partial charge in [-0.2, -0.15) is 57.1 Å². The second-order valence-electron chi connectivity index (χ2n) is 6.21. The fourth-order valence-electron chi connectivity index (χ4n) is 2.20. The normalized spacial score (nSPS) is 15.7. The highest BCUT2D eigenvalue weighted by molar-refractivity contribution is 5.86. The van der Waals surface area contributed by atoms with E-state index in [1.165, 1.54) is 12.2 Å². The molecule has 0 heterocycles. The van der Waals surface area contributed by atoms with Crippen molar-refractivity contribution in [3.63, 3.8) is 0 Å². The molecule has 0 aliphatic heterocycles. The second kappa shape index (κ2) is 8.81. The maximum Gasteiger partial charge on any atom is 0.460 e. The van der Waals surface area contributed by atoms with Gasteiger partial charge in [-0.05, 0) is 12.5 Å². The van der Waals surface area contributed by atoms with Gasteiger partial charge in [0.2, 0.25) is 5.91 Å². The smallest absolute Gasteiger partial charge is 0.352 e. The van der Waals surface area contributed by atoms with Gasteiger partial charge in [0.1, 0.15) is 0 Å². The molecule has 15 heteroatoms. The minimum Gasteiger partial charge on any atom is -0.352 e. The Balaban J connectivity index is 6.32. The minimum atomic E-state index is -7.94. The predicted molar refractivity (Wildman–Crippen MR) is 77.0 cm³/mol. The molecule has 1 amide bonds. The summed E-state index contributed by atoms with van der Waals surface area (Å²) in [4.78, 5) is 11.0. The van der Waals surface area contributed by atoms with Gasteiger partial charge in [0, 0.05) is 12.5 Å². The number of hydrogen-bond acceptors (Lipinski definition) is 1. The lowest BCUT2D eigenvalue weighted by Gasteiger charge is -2.42. The molecule has 0 radical (unpaired) electrons. The molecule has 0 aliphatic rings. The van der Waals surface area contributed by atoms with Gasteiger partial charge >= 0.3 is 35.8 Å². The third-order valence-electron chi connectivity index (χ3n) is 4.08. The SMILES string of the molecule is C=CC(=O)NCC(CCCC)C(F)(F)C(F)(F)C(F)(F)C(F)(F)C(F)(F)C(F)(F)F. The van der Waals surface area contributed by atoms with E-state index < -0.39 is 60.6 Å². The van der Waals surface area contributed by atoms with Crippen molar-refractivity contribution in [2.24, 2.45) is 5.92 Å². The van der Waals surface area contributed by atoms with E-state index in [0.717, 1.165) is 0 Å². The quantitative estimate of drug-likeness (QED) is 0.297. The molecule has 0 saturated heterocycles. The van der Waals surface area contributed by atoms with Gasteiger partial charge in [0.25, 0.3) is 0 Å². The monoisotopic (exact) mass is 473 g/mol. The van der Waals surface area contributed by atoms with Gasteiger partial charge in [0.05, 0.1) is 0 Å². The standard InChI is InChI=1S/C15H16F13NO/c1-3-5-6-8(7-29-9(30)4-2)10(16,17)11(18,19)12(20,21)13(22,23)14(24,25)15(26,27)28/h4,8H,2-3,5-7H2,1H3,(H,29,30). The van der Waals surface area contributed by atoms with Crippen LogP contribution in [0.3, 0.4) is 0 Å². The van der Waals surface area contributed by atoms with E-state index >= 15 is 0 Å². The fraction of sp³-hybridized carbons (Fsp3) is 0.800. The van der Waals surface area contributed by atoms with Crippen LogP contribution in [-0.4, -0.2) is 48.2 Å². The maximum atomic E-state index is 14.2. The van der Waals surface area contributed by atoms with Crippen LogP contribution in [0.4, 0.5) is 57.1 Å². The summed E-state index contributed by atoms with van der Waals surface area (Å²) in [5.41, 5.74) is 0. The summed E-state index contributed by atoms with van der Waals surface area (Å²) >= 11 is 0. The number of amides is 1. The highest BCUT2D eigenvalue weighted by Gasteiger charge is 2.91. The Bertz CT molecular complexity index is 612. The van der Waals surface area contributed by atoms with Crippen molar-refractivity contribution in [3.8, 4) is 0 Å². The van der Waals surface area contributed by atoms with Crippen LogP contribution in [0.5, 0.6) is 0 Å². The first kappa shape index (κ1) is 28.3. The lowest BCUT2D eigenvalue weighted by Crippen LogP contribution is -2.71. The Morgan fingerprint density at radius 1 is 0.833 bits per heavy atom. The molecule has 0 aromatic heterocycles. The molecule has 0 bridgehead atoms. The number of unbranched alkanes of at least 4 members (excludes halogenated alkanes) is 1. The second-order valence-corrected chi connectivity index (χ2v) is 6.21. The zero-order valence-electron chi connectivity index (χ0n) is 15.0. The highest BCUT2D eigenvalue weighted by atomic mass is 19.4. The largest absolute Gasteiger partial charge is 0.460 e. The molecule has 0 aromatic rings. The Labute approximate surface area is 161 Å². The Morgan fingerprint density at radius 2 is 1.27 bits per heavy atom. The molecule has 2 nitrogen and oxygen atoms in total. The molecule has 30 heavy (non-hydrogen) atoms. The van der Waals surface area contributed by atoms with Crippen molar-refractivity contribution in [2.45, 2.75) is 62.0 Å². The topological polar surface area (TPSA) is 29.1 Å². The van der Waals surface area contributed by atoms with E-state index in [2.05, 4.69) is 6.58 Å². The molecule has 0 aliphatic carbocycles. The summed E-state index contributed by atoms with van der Waals surface area (Å²) in [5, 5.41) is 1.53. The first-order valence-electron chi connectivity index (χ1n) is 8.02. The van der Waals surface area contributed by atoms with E-state index in [9.17, 15) is 61.9 Å². The first-order valence-corrected chi connectivity index (χ1v) is 8.02. The van der Waals surface area contributed by atoms with Crippen LogP contribution in [0.2, 0.25) is 0 Å². The number of alkyl halides is 13. The summed E-state index contributed by atoms with van der Waals surface area (Å²) in [6.07, 6.45) is -8.48. The number of hydrogen-bond donors (Lipinski definition) is 1. The van der Waals surface area contributed by atoms with Crippen LogP contribution in [-0.2, 0) is 4.79 Å². The molecular formula is C15H16F13NO. The van der Waals surface area contributed by atoms with Crippen molar-refractivity contribution in [2.75, 3.05) is 6.54 Å². The van der Waals surface area contributed by atoms with Gasteiger partial charge in [-0.1, -0.05) is 26.3 Å². The van der Waals surface area contributed by atoms with Gasteiger partial charge < -0.3 is 5.32 Å². The zero-order chi connectivity index (χ0) is 24.4. The predicted octanol–water partition coefficient (Wildman–Crippen LogP) is 5.83. The van der Waals surface area contributed by atoms with Crippen LogP contribution < -0.4 is 5.32 Å². The van der Waals surface area contributed by atoms with Crippen LogP contribution in [0.25, 0.3) is 0 Å². The third kappa shape index (κ3) is 4.63. The van der Waals surface area contributed by atoms with Gasteiger partial charge in [-0.25, -0.2) is 0 Å². The van der Waals surface area contributed by atoms with E-state index in [1.54, 1.807) is 0 Å². The molecule has 0 fully saturated rings. The zero-order valence-corrected chi connectivity index (χ0v) is 15.0. The van der Waals surface area contributed by atoms with Crippen LogP contribution in [0.1, 0.15) is 26.2 Å². The molecule has 1 N–H and O–H groups in total. The first-order chi connectivity index (χ1) is 13.2. The Kier molecular flexibility index (Phi) is 8.31. The number of nitrogens with one attached hydrogen (secondary N) is 1. The van der Waals surface area contributed by atoms with Gasteiger partial charge in [-0.3, -0.25) is 4.79 Å². The van der Waals surface area contributed by atoms with E-state index in [0.29, 0.717) is 6.08 Å². The van der Waals surface area contributed by atoms with Crippen LogP contribution in [0.15, 0.2) is 12.7 Å². The van der Waals surface area contributed by atoms with Gasteiger partial charge in [-0.15, -0.1) is 0 Å². The number of rotatable bonds is 11. The van der Waals surface area contributed by atoms with Crippen LogP contribution >= 0.6 is 0 Å². The van der Waals surface area contributed by atoms with E-state index in [-0.39, 0.29) is 12.8 Å². The average molecular weight is 473 g/mol. The van der Waals surface area contributed by atoms with Crippen molar-refractivity contribution >= 4 is 5.91 Å². The van der Waals surface area contributed by atoms with E-state index in [4.69, 9.17) is 0 Å². The molecular weight excluding hydrogens is 457 g/mol. The molecule has 0 rings (SSSR count). The van der Waals surface area contributed by atoms with Crippen molar-refractivity contribution in [1.82, 2.24) is 5.32 Å². The molecule has 1 unspecified atom stereocenters. The van der Waals surface area contributed by atoms with Gasteiger partial charge in [0.15, 0.2) is 0 Å². The molecule has 0 spiro atoms. The lowest BCUT2D eigenvalue weighted by molar-refractivity contribution is -0.443. The third-order valence-corrected chi connectivity index (χ3v) is 4.08. The average Bonchev–Trinajstić information content (AvgIpc) is 2.59. The number of carbonyl (C=O) groups excluding carboxylic acids is 1. The summed E-state index contributed by atoms with van der Waals surface area (Å²) in [6, 6.07) is 0. The fourth-order valence-corrected chi connectivity index (χ4v) is 2.20. The Morgan fingerprint density at radius 3 is 1.63 bits per heavy atom. The summed E-state index contributed by atoms with van der Waals surface area (Å²) in [7, 11) is 0. The van der Waals surface area contributed by atoms with Crippen molar-refractivity contribution in [3.05, 3.63) is 12.7 Å². The van der Waals surface area contributed by atoms with Crippen LogP contribution in [0, 0.1) is 5.92 Å². The number of halogens is 13. The minimum absolute atomic E-state index is 0.00768. The highest BCUT2D eigenvalue weighted by Crippen LogP contribution is 2.61. The molecule has 1 atom stereocenters. The summed E-state index contributed by atoms with van der Waals surface area (Å²) in [5.74, 6) is -41.4. The molecule has 178 valence electrons. The summed E-state index contributed by atoms with van der Waals surface area (Å²) < 4.78 is 172. The number of carbonyl (C=O) groups is 1. The van der Waals surface area contributed by atoms with Crippen molar-refractivity contribution < 1.29 is 61.9 Å². The molecule has 0 saturated carbocycles. The van der Waals surface area contributed by atoms with E-state index in [1.807, 2.05) is 0 Å². The summed E-state index contributed by atoms with van der Waals surface area (Å²) in [6.45, 7) is 2.69. The molecule has 0 aromatic carbocycles. The Hall–Kier alpha value is -1.70.